The van der Waals surface area contributed by atoms with Crippen molar-refractivity contribution in [2.75, 3.05) is 11.2 Å². The number of imide groups is 2. The number of hydrogen-bond donors (Lipinski definition) is 1. The van der Waals surface area contributed by atoms with E-state index in [0.717, 1.165) is 9.80 Å². The van der Waals surface area contributed by atoms with E-state index in [0.29, 0.717) is 5.69 Å². The monoisotopic (exact) mass is 292 g/mol. The number of hydrogen-bond acceptors (Lipinski definition) is 4. The van der Waals surface area contributed by atoms with Crippen LogP contribution in [0.2, 0.25) is 0 Å². The van der Waals surface area contributed by atoms with E-state index in [2.05, 4.69) is 5.32 Å². The third kappa shape index (κ3) is 2.56. The first-order chi connectivity index (χ1) is 9.45. The average Bonchev–Trinajstić information content (AvgIpc) is 2.37. The second-order valence-electron chi connectivity index (χ2n) is 4.89. The SMILES string of the molecule is CSc1cccc(N2C(=O)NC(=O)C(C(C)C)C2=O)c1. The first-order valence-electron chi connectivity index (χ1n) is 6.28. The van der Waals surface area contributed by atoms with Gasteiger partial charge < -0.3 is 0 Å². The summed E-state index contributed by atoms with van der Waals surface area (Å²) < 4.78 is 0. The molecule has 0 bridgehead atoms. The third-order valence-electron chi connectivity index (χ3n) is 3.18. The summed E-state index contributed by atoms with van der Waals surface area (Å²) in [6.45, 7) is 3.57. The first-order valence-corrected chi connectivity index (χ1v) is 7.51. The molecular weight excluding hydrogens is 276 g/mol. The topological polar surface area (TPSA) is 66.5 Å². The van der Waals surface area contributed by atoms with Crippen molar-refractivity contribution in [2.24, 2.45) is 11.8 Å². The van der Waals surface area contributed by atoms with Crippen molar-refractivity contribution in [2.45, 2.75) is 18.7 Å². The van der Waals surface area contributed by atoms with Crippen LogP contribution in [0.5, 0.6) is 0 Å². The van der Waals surface area contributed by atoms with Crippen LogP contribution in [0.3, 0.4) is 0 Å². The van der Waals surface area contributed by atoms with Crippen LogP contribution in [0.4, 0.5) is 10.5 Å². The number of nitrogens with one attached hydrogen (secondary N) is 1. The molecular formula is C14H16N2O3S. The highest BCUT2D eigenvalue weighted by Crippen LogP contribution is 2.27. The van der Waals surface area contributed by atoms with Crippen LogP contribution in [-0.4, -0.2) is 24.1 Å². The van der Waals surface area contributed by atoms with E-state index in [1.54, 1.807) is 32.0 Å². The highest BCUT2D eigenvalue weighted by molar-refractivity contribution is 7.98. The molecule has 1 aliphatic heterocycles. The minimum atomic E-state index is -0.828. The normalized spacial score (nSPS) is 19.5. The molecule has 2 rings (SSSR count). The number of nitrogens with zero attached hydrogens (tertiary/aromatic N) is 1. The molecule has 20 heavy (non-hydrogen) atoms. The molecule has 1 N–H and O–H groups in total. The summed E-state index contributed by atoms with van der Waals surface area (Å²) >= 11 is 1.52. The predicted octanol–water partition coefficient (Wildman–Crippen LogP) is 2.26. The van der Waals surface area contributed by atoms with Gasteiger partial charge in [-0.3, -0.25) is 14.9 Å². The van der Waals surface area contributed by atoms with Gasteiger partial charge in [0.25, 0.3) is 0 Å². The molecule has 1 unspecified atom stereocenters. The van der Waals surface area contributed by atoms with Gasteiger partial charge in [0.1, 0.15) is 5.92 Å². The molecule has 5 nitrogen and oxygen atoms in total. The van der Waals surface area contributed by atoms with Gasteiger partial charge in [0.2, 0.25) is 11.8 Å². The molecule has 106 valence electrons. The number of benzene rings is 1. The molecule has 0 saturated carbocycles. The van der Waals surface area contributed by atoms with Gasteiger partial charge in [-0.25, -0.2) is 9.69 Å². The molecule has 4 amide bonds. The standard InChI is InChI=1S/C14H16N2O3S/c1-8(2)11-12(17)15-14(19)16(13(11)18)9-5-4-6-10(7-9)20-3/h4-8,11H,1-3H3,(H,15,17,19). The lowest BCUT2D eigenvalue weighted by Gasteiger charge is -2.31. The summed E-state index contributed by atoms with van der Waals surface area (Å²) in [5, 5.41) is 2.25. The van der Waals surface area contributed by atoms with E-state index in [4.69, 9.17) is 0 Å². The predicted molar refractivity (Wildman–Crippen MR) is 77.6 cm³/mol. The molecule has 1 saturated heterocycles. The molecule has 6 heteroatoms. The Hall–Kier alpha value is -1.82. The number of carbonyl (C=O) groups is 3. The number of rotatable bonds is 3. The average molecular weight is 292 g/mol. The van der Waals surface area contributed by atoms with Crippen LogP contribution in [0, 0.1) is 11.8 Å². The summed E-state index contributed by atoms with van der Waals surface area (Å²) in [6.07, 6.45) is 1.91. The zero-order chi connectivity index (χ0) is 14.9. The highest BCUT2D eigenvalue weighted by atomic mass is 32.2. The molecule has 1 aromatic rings. The largest absolute Gasteiger partial charge is 0.335 e. The molecule has 0 aliphatic carbocycles. The fourth-order valence-corrected chi connectivity index (χ4v) is 2.63. The van der Waals surface area contributed by atoms with Gasteiger partial charge in [-0.15, -0.1) is 11.8 Å². The number of carbonyl (C=O) groups excluding carboxylic acids is 3. The molecule has 1 aromatic carbocycles. The van der Waals surface area contributed by atoms with Crippen LogP contribution in [-0.2, 0) is 9.59 Å². The van der Waals surface area contributed by atoms with Crippen molar-refractivity contribution in [3.8, 4) is 0 Å². The van der Waals surface area contributed by atoms with Gasteiger partial charge in [-0.05, 0) is 30.4 Å². The van der Waals surface area contributed by atoms with Crippen LogP contribution < -0.4 is 10.2 Å². The van der Waals surface area contributed by atoms with Gasteiger partial charge in [-0.1, -0.05) is 19.9 Å². The summed E-state index contributed by atoms with van der Waals surface area (Å²) in [5.74, 6) is -1.98. The third-order valence-corrected chi connectivity index (χ3v) is 3.91. The minimum Gasteiger partial charge on any atom is -0.277 e. The van der Waals surface area contributed by atoms with Crippen molar-refractivity contribution >= 4 is 35.3 Å². The Morgan fingerprint density at radius 3 is 2.55 bits per heavy atom. The highest BCUT2D eigenvalue weighted by Gasteiger charge is 2.42. The van der Waals surface area contributed by atoms with Gasteiger partial charge in [0.15, 0.2) is 0 Å². The van der Waals surface area contributed by atoms with Gasteiger partial charge >= 0.3 is 6.03 Å². The molecule has 1 atom stereocenters. The fourth-order valence-electron chi connectivity index (χ4n) is 2.17. The lowest BCUT2D eigenvalue weighted by molar-refractivity contribution is -0.136. The van der Waals surface area contributed by atoms with E-state index in [1.165, 1.54) is 11.8 Å². The zero-order valence-corrected chi connectivity index (χ0v) is 12.4. The maximum atomic E-state index is 12.4. The zero-order valence-electron chi connectivity index (χ0n) is 11.5. The lowest BCUT2D eigenvalue weighted by atomic mass is 9.92. The van der Waals surface area contributed by atoms with E-state index in [1.807, 2.05) is 12.3 Å². The fraction of sp³-hybridized carbons (Fsp3) is 0.357. The van der Waals surface area contributed by atoms with Crippen molar-refractivity contribution in [1.82, 2.24) is 5.32 Å². The molecule has 1 heterocycles. The number of barbiturate groups is 1. The van der Waals surface area contributed by atoms with Crippen molar-refractivity contribution < 1.29 is 14.4 Å². The summed E-state index contributed by atoms with van der Waals surface area (Å²) in [7, 11) is 0. The lowest BCUT2D eigenvalue weighted by Crippen LogP contribution is -2.59. The molecule has 1 fully saturated rings. The Labute approximate surface area is 121 Å². The Morgan fingerprint density at radius 1 is 1.25 bits per heavy atom. The second-order valence-corrected chi connectivity index (χ2v) is 5.77. The van der Waals surface area contributed by atoms with Crippen LogP contribution in [0.25, 0.3) is 0 Å². The van der Waals surface area contributed by atoms with Gasteiger partial charge in [0.05, 0.1) is 5.69 Å². The quantitative estimate of drug-likeness (QED) is 0.685. The molecule has 0 aromatic heterocycles. The Balaban J connectivity index is 2.40. The maximum Gasteiger partial charge on any atom is 0.335 e. The summed E-state index contributed by atoms with van der Waals surface area (Å²) in [4.78, 5) is 38.1. The molecule has 0 spiro atoms. The molecule has 1 aliphatic rings. The Kier molecular flexibility index (Phi) is 4.13. The maximum absolute atomic E-state index is 12.4. The summed E-state index contributed by atoms with van der Waals surface area (Å²) in [6, 6.07) is 6.43. The minimum absolute atomic E-state index is 0.165. The molecule has 0 radical (unpaired) electrons. The Bertz CT molecular complexity index is 571. The van der Waals surface area contributed by atoms with Crippen molar-refractivity contribution in [3.05, 3.63) is 24.3 Å². The first kappa shape index (κ1) is 14.6. The van der Waals surface area contributed by atoms with Crippen molar-refractivity contribution in [1.29, 1.82) is 0 Å². The number of amides is 4. The summed E-state index contributed by atoms with van der Waals surface area (Å²) in [5.41, 5.74) is 0.484. The number of urea groups is 1. The van der Waals surface area contributed by atoms with Crippen LogP contribution in [0.1, 0.15) is 13.8 Å². The van der Waals surface area contributed by atoms with E-state index >= 15 is 0 Å². The van der Waals surface area contributed by atoms with Gasteiger partial charge in [0, 0.05) is 4.90 Å². The van der Waals surface area contributed by atoms with Gasteiger partial charge in [-0.2, -0.15) is 0 Å². The second kappa shape index (κ2) is 5.66. The van der Waals surface area contributed by atoms with Crippen molar-refractivity contribution in [3.63, 3.8) is 0 Å². The number of thioether (sulfide) groups is 1. The smallest absolute Gasteiger partial charge is 0.277 e. The Morgan fingerprint density at radius 2 is 1.95 bits per heavy atom. The number of anilines is 1. The van der Waals surface area contributed by atoms with E-state index in [9.17, 15) is 14.4 Å². The van der Waals surface area contributed by atoms with Crippen LogP contribution in [0.15, 0.2) is 29.2 Å². The van der Waals surface area contributed by atoms with Crippen LogP contribution >= 0.6 is 11.8 Å². The van der Waals surface area contributed by atoms with E-state index in [-0.39, 0.29) is 5.92 Å². The van der Waals surface area contributed by atoms with E-state index < -0.39 is 23.8 Å².